The minimum atomic E-state index is 0.00546. The van der Waals surface area contributed by atoms with Gasteiger partial charge in [-0.25, -0.2) is 0 Å². The highest BCUT2D eigenvalue weighted by Crippen LogP contribution is 2.39. The highest BCUT2D eigenvalue weighted by atomic mass is 16.1. The first-order chi connectivity index (χ1) is 11.1. The molecule has 23 heavy (non-hydrogen) atoms. The second kappa shape index (κ2) is 5.36. The molecule has 0 saturated heterocycles. The molecule has 0 amide bonds. The molecule has 0 aliphatic heterocycles. The Kier molecular flexibility index (Phi) is 3.31. The van der Waals surface area contributed by atoms with E-state index in [-0.39, 0.29) is 5.56 Å². The van der Waals surface area contributed by atoms with Gasteiger partial charge in [0, 0.05) is 23.9 Å². The van der Waals surface area contributed by atoms with Crippen LogP contribution in [0.25, 0.3) is 22.0 Å². The van der Waals surface area contributed by atoms with E-state index in [1.807, 2.05) is 18.2 Å². The molecule has 4 rings (SSSR count). The molecular formula is C20H20N2O. The maximum Gasteiger partial charge on any atom is 0.256 e. The first kappa shape index (κ1) is 14.2. The van der Waals surface area contributed by atoms with Gasteiger partial charge >= 0.3 is 0 Å². The number of rotatable bonds is 3. The van der Waals surface area contributed by atoms with E-state index in [1.54, 1.807) is 0 Å². The first-order valence-electron chi connectivity index (χ1n) is 8.05. The van der Waals surface area contributed by atoms with E-state index >= 15 is 0 Å². The van der Waals surface area contributed by atoms with Crippen LogP contribution in [-0.4, -0.2) is 30.5 Å². The third kappa shape index (κ3) is 2.28. The average molecular weight is 304 g/mol. The third-order valence-electron chi connectivity index (χ3n) is 4.76. The maximum absolute atomic E-state index is 12.4. The van der Waals surface area contributed by atoms with Crippen molar-refractivity contribution in [3.63, 3.8) is 0 Å². The molecule has 3 nitrogen and oxygen atoms in total. The Hall–Kier alpha value is -2.39. The normalized spacial score (nSPS) is 12.7. The van der Waals surface area contributed by atoms with Gasteiger partial charge in [-0.15, -0.1) is 0 Å². The molecule has 0 bridgehead atoms. The highest BCUT2D eigenvalue weighted by Gasteiger charge is 2.24. The van der Waals surface area contributed by atoms with Crippen LogP contribution in [0.3, 0.4) is 0 Å². The number of hydrogen-bond acceptors (Lipinski definition) is 2. The van der Waals surface area contributed by atoms with E-state index in [9.17, 15) is 4.79 Å². The van der Waals surface area contributed by atoms with Crippen LogP contribution in [0.4, 0.5) is 0 Å². The number of fused-ring (bicyclic) bond motifs is 5. The number of H-pyrrole nitrogens is 1. The molecule has 116 valence electrons. The summed E-state index contributed by atoms with van der Waals surface area (Å²) in [5, 5.41) is 1.87. The Balaban J connectivity index is 1.89. The number of likely N-dealkylation sites (N-methyl/N-ethyl adjacent to an activating group) is 1. The second-order valence-electron chi connectivity index (χ2n) is 6.53. The predicted octanol–water partition coefficient (Wildman–Crippen LogP) is 3.20. The molecule has 3 heteroatoms. The summed E-state index contributed by atoms with van der Waals surface area (Å²) in [5.41, 5.74) is 6.22. The quantitative estimate of drug-likeness (QED) is 0.631. The fraction of sp³-hybridized carbons (Fsp3) is 0.250. The lowest BCUT2D eigenvalue weighted by Gasteiger charge is -2.12. The molecule has 0 fully saturated rings. The lowest BCUT2D eigenvalue weighted by molar-refractivity contribution is 0.413. The summed E-state index contributed by atoms with van der Waals surface area (Å²) in [5.74, 6) is 0. The van der Waals surface area contributed by atoms with Crippen LogP contribution >= 0.6 is 0 Å². The van der Waals surface area contributed by atoms with E-state index in [0.29, 0.717) is 0 Å². The molecule has 2 aromatic carbocycles. The molecule has 1 N–H and O–H groups in total. The molecule has 0 saturated carbocycles. The van der Waals surface area contributed by atoms with Crippen LogP contribution in [0.5, 0.6) is 0 Å². The smallest absolute Gasteiger partial charge is 0.256 e. The van der Waals surface area contributed by atoms with Crippen molar-refractivity contribution in [3.05, 3.63) is 69.5 Å². The van der Waals surface area contributed by atoms with Crippen molar-refractivity contribution in [2.45, 2.75) is 12.8 Å². The Labute approximate surface area is 135 Å². The number of nitrogens with zero attached hydrogens (tertiary/aromatic N) is 1. The Morgan fingerprint density at radius 3 is 2.57 bits per heavy atom. The van der Waals surface area contributed by atoms with Crippen LogP contribution in [0.15, 0.2) is 47.3 Å². The van der Waals surface area contributed by atoms with Gasteiger partial charge in [-0.2, -0.15) is 0 Å². The molecular weight excluding hydrogens is 284 g/mol. The number of hydrogen-bond donors (Lipinski definition) is 1. The van der Waals surface area contributed by atoms with Gasteiger partial charge in [0.05, 0.1) is 5.69 Å². The van der Waals surface area contributed by atoms with Crippen LogP contribution in [0.1, 0.15) is 16.7 Å². The van der Waals surface area contributed by atoms with E-state index in [0.717, 1.165) is 35.9 Å². The summed E-state index contributed by atoms with van der Waals surface area (Å²) in [6, 6.07) is 14.4. The van der Waals surface area contributed by atoms with Crippen molar-refractivity contribution in [1.29, 1.82) is 0 Å². The second-order valence-corrected chi connectivity index (χ2v) is 6.53. The zero-order valence-electron chi connectivity index (χ0n) is 13.5. The number of aromatic nitrogens is 1. The molecule has 1 heterocycles. The average Bonchev–Trinajstić information content (AvgIpc) is 2.93. The van der Waals surface area contributed by atoms with Crippen molar-refractivity contribution < 1.29 is 0 Å². The molecule has 0 spiro atoms. The van der Waals surface area contributed by atoms with Crippen molar-refractivity contribution >= 4 is 10.8 Å². The molecule has 1 aliphatic rings. The van der Waals surface area contributed by atoms with Gasteiger partial charge in [-0.1, -0.05) is 36.4 Å². The van der Waals surface area contributed by atoms with E-state index in [1.165, 1.54) is 22.3 Å². The minimum Gasteiger partial charge on any atom is -0.321 e. The van der Waals surface area contributed by atoms with Crippen molar-refractivity contribution in [1.82, 2.24) is 9.88 Å². The third-order valence-corrected chi connectivity index (χ3v) is 4.76. The monoisotopic (exact) mass is 304 g/mol. The molecule has 0 radical (unpaired) electrons. The van der Waals surface area contributed by atoms with Crippen LogP contribution < -0.4 is 5.56 Å². The number of benzene rings is 2. The largest absolute Gasteiger partial charge is 0.321 e. The topological polar surface area (TPSA) is 36.1 Å². The summed E-state index contributed by atoms with van der Waals surface area (Å²) in [7, 11) is 4.20. The zero-order chi connectivity index (χ0) is 16.0. The number of pyridine rings is 1. The Morgan fingerprint density at radius 1 is 1.00 bits per heavy atom. The molecule has 0 unspecified atom stereocenters. The van der Waals surface area contributed by atoms with E-state index in [4.69, 9.17) is 0 Å². The van der Waals surface area contributed by atoms with Crippen LogP contribution in [-0.2, 0) is 12.8 Å². The first-order valence-corrected chi connectivity index (χ1v) is 8.05. The summed E-state index contributed by atoms with van der Waals surface area (Å²) in [6.07, 6.45) is 1.94. The Bertz CT molecular complexity index is 954. The van der Waals surface area contributed by atoms with Gasteiger partial charge in [0.1, 0.15) is 0 Å². The summed E-state index contributed by atoms with van der Waals surface area (Å²) < 4.78 is 0. The van der Waals surface area contributed by atoms with Gasteiger partial charge in [0.15, 0.2) is 0 Å². The van der Waals surface area contributed by atoms with Crippen molar-refractivity contribution in [3.8, 4) is 11.3 Å². The van der Waals surface area contributed by atoms with Crippen LogP contribution in [0.2, 0.25) is 0 Å². The van der Waals surface area contributed by atoms with E-state index < -0.39 is 0 Å². The lowest BCUT2D eigenvalue weighted by atomic mass is 9.99. The highest BCUT2D eigenvalue weighted by molar-refractivity contribution is 5.93. The Morgan fingerprint density at radius 2 is 1.78 bits per heavy atom. The van der Waals surface area contributed by atoms with Crippen LogP contribution in [0, 0.1) is 0 Å². The lowest BCUT2D eigenvalue weighted by Crippen LogP contribution is -2.15. The summed E-state index contributed by atoms with van der Waals surface area (Å²) in [6.45, 7) is 1.03. The fourth-order valence-electron chi connectivity index (χ4n) is 3.58. The molecule has 1 aliphatic carbocycles. The van der Waals surface area contributed by atoms with Gasteiger partial charge in [0.25, 0.3) is 5.56 Å². The van der Waals surface area contributed by atoms with Gasteiger partial charge in [0.2, 0.25) is 0 Å². The van der Waals surface area contributed by atoms with Gasteiger partial charge in [-0.3, -0.25) is 4.79 Å². The number of aromatic amines is 1. The predicted molar refractivity (Wildman–Crippen MR) is 95.1 cm³/mol. The fourth-order valence-corrected chi connectivity index (χ4v) is 3.58. The molecule has 3 aromatic rings. The SMILES string of the molecule is CN(C)CCc1cccc2c1Cc1c-2[nH]c(=O)c2ccccc12. The molecule has 0 atom stereocenters. The summed E-state index contributed by atoms with van der Waals surface area (Å²) >= 11 is 0. The van der Waals surface area contributed by atoms with Gasteiger partial charge in [-0.05, 0) is 48.7 Å². The summed E-state index contributed by atoms with van der Waals surface area (Å²) in [4.78, 5) is 17.7. The van der Waals surface area contributed by atoms with Crippen molar-refractivity contribution in [2.75, 3.05) is 20.6 Å². The van der Waals surface area contributed by atoms with Crippen molar-refractivity contribution in [2.24, 2.45) is 0 Å². The number of nitrogens with one attached hydrogen (secondary N) is 1. The zero-order valence-corrected chi connectivity index (χ0v) is 13.5. The van der Waals surface area contributed by atoms with E-state index in [2.05, 4.69) is 48.2 Å². The minimum absolute atomic E-state index is 0.00546. The van der Waals surface area contributed by atoms with Gasteiger partial charge < -0.3 is 9.88 Å². The molecule has 1 aromatic heterocycles. The maximum atomic E-state index is 12.4. The standard InChI is InChI=1S/C20H20N2O/c1-22(2)11-10-13-6-5-9-15-17(13)12-18-14-7-3-4-8-16(14)20(23)21-19(15)18/h3-9H,10-12H2,1-2H3,(H,21,23).